The zero-order chi connectivity index (χ0) is 114. The van der Waals surface area contributed by atoms with Gasteiger partial charge in [0.2, 0.25) is 0 Å². The molecular weight excluding hydrogens is 2050 g/mol. The molecule has 12 heteroatoms. The van der Waals surface area contributed by atoms with Gasteiger partial charge in [-0.15, -0.1) is 0 Å². The first-order chi connectivity index (χ1) is 71.4. The summed E-state index contributed by atoms with van der Waals surface area (Å²) < 4.78 is 3.76. The molecule has 19 rings (SSSR count). The Morgan fingerprint density at radius 3 is 0.480 bits per heavy atom. The average molecular weight is 2250 g/mol. The summed E-state index contributed by atoms with van der Waals surface area (Å²) in [6, 6.07) is 91.8. The van der Waals surface area contributed by atoms with Crippen molar-refractivity contribution in [3.05, 3.63) is 391 Å². The SMILES string of the molecule is CC.CC.CC.CC.CC.CC.CC.CC.CC.CC.CC.CC.CC.CC1=Nc2ccccc2C1.CC1=Nc2ccccc2C1.CC1=Nc2ccccc2C1.CC1=Nc2ccccc2C1.CC1=Nc2ccccc2C1.CC1=Nc2ccccc2C1.Cc1cc(Br)cc(C)c1I.Cc1cccc(C)c1Br.Cc1cccc(C)c1N.Cc1cccc(C)c1Nc1c(C)cccc1C.Cc1cccc(C)c1Nc1c(C)cccc1C. The third-order valence-electron chi connectivity index (χ3n) is 21.2. The van der Waals surface area contributed by atoms with Crippen LogP contribution in [0.5, 0.6) is 0 Å². The summed E-state index contributed by atoms with van der Waals surface area (Å²) >= 11 is 9.29. The van der Waals surface area contributed by atoms with Crippen LogP contribution in [-0.4, -0.2) is 34.3 Å². The van der Waals surface area contributed by atoms with Gasteiger partial charge in [-0.25, -0.2) is 0 Å². The molecule has 13 aromatic carbocycles. The van der Waals surface area contributed by atoms with E-state index >= 15 is 0 Å². The normalized spacial score (nSPS) is 10.7. The molecule has 0 fully saturated rings. The number of nitrogens with two attached hydrogens (primary N) is 1. The lowest BCUT2D eigenvalue weighted by Crippen LogP contribution is -1.99. The minimum absolute atomic E-state index is 0.914. The lowest BCUT2D eigenvalue weighted by atomic mass is 10.1. The molecular formula is C136H198Br2IN9. The number of aryl methyl sites for hydroxylation is 14. The van der Waals surface area contributed by atoms with E-state index in [0.29, 0.717) is 0 Å². The van der Waals surface area contributed by atoms with Gasteiger partial charge in [0.15, 0.2) is 0 Å². The van der Waals surface area contributed by atoms with Crippen LogP contribution in [0.1, 0.15) is 333 Å². The van der Waals surface area contributed by atoms with E-state index in [9.17, 15) is 0 Å². The van der Waals surface area contributed by atoms with Gasteiger partial charge in [-0.05, 0) is 321 Å². The third kappa shape index (κ3) is 54.4. The van der Waals surface area contributed by atoms with Crippen molar-refractivity contribution in [3.8, 4) is 0 Å². The molecule has 6 heterocycles. The highest BCUT2D eigenvalue weighted by atomic mass is 127. The van der Waals surface area contributed by atoms with Crippen molar-refractivity contribution in [1.29, 1.82) is 0 Å². The lowest BCUT2D eigenvalue weighted by Gasteiger charge is -2.16. The summed E-state index contributed by atoms with van der Waals surface area (Å²) in [5.41, 5.74) is 51.8. The Kier molecular flexibility index (Phi) is 87.3. The molecule has 0 spiro atoms. The zero-order valence-electron chi connectivity index (χ0n) is 101. The fraction of sp³-hybridized carbons (Fsp3) is 0.382. The van der Waals surface area contributed by atoms with Crippen LogP contribution in [0, 0.1) is 101 Å². The summed E-state index contributed by atoms with van der Waals surface area (Å²) in [7, 11) is 0. The molecule has 0 aliphatic carbocycles. The van der Waals surface area contributed by atoms with Crippen molar-refractivity contribution < 1.29 is 0 Å². The van der Waals surface area contributed by atoms with Gasteiger partial charge in [0.1, 0.15) is 0 Å². The molecule has 9 nitrogen and oxygen atoms in total. The molecule has 0 unspecified atom stereocenters. The monoisotopic (exact) mass is 2240 g/mol. The highest BCUT2D eigenvalue weighted by Gasteiger charge is 2.16. The van der Waals surface area contributed by atoms with Gasteiger partial charge in [0.05, 0.1) is 34.1 Å². The Bertz CT molecular complexity index is 5110. The van der Waals surface area contributed by atoms with Gasteiger partial charge in [-0.1, -0.05) is 430 Å². The van der Waals surface area contributed by atoms with Crippen LogP contribution in [-0.2, 0) is 38.5 Å². The number of nitrogens with one attached hydrogen (secondary N) is 2. The van der Waals surface area contributed by atoms with Crippen molar-refractivity contribution >= 4 is 151 Å². The number of aliphatic imine (C=N–C) groups is 6. The Labute approximate surface area is 937 Å². The van der Waals surface area contributed by atoms with Gasteiger partial charge < -0.3 is 16.4 Å². The van der Waals surface area contributed by atoms with Crippen LogP contribution in [0.2, 0.25) is 0 Å². The molecule has 0 atom stereocenters. The number of para-hydroxylation sites is 11. The fourth-order valence-electron chi connectivity index (χ4n) is 14.6. The molecule has 0 amide bonds. The maximum atomic E-state index is 5.68. The van der Waals surface area contributed by atoms with E-state index in [1.165, 1.54) is 170 Å². The maximum absolute atomic E-state index is 5.68. The number of fused-ring (bicyclic) bond motifs is 6. The highest BCUT2D eigenvalue weighted by molar-refractivity contribution is 14.1. The molecule has 4 N–H and O–H groups in total. The molecule has 0 bridgehead atoms. The van der Waals surface area contributed by atoms with Crippen LogP contribution in [0.15, 0.2) is 306 Å². The van der Waals surface area contributed by atoms with E-state index in [-0.39, 0.29) is 0 Å². The number of nitrogens with zero attached hydrogens (tertiary/aromatic N) is 6. The van der Waals surface area contributed by atoms with Crippen molar-refractivity contribution in [2.75, 3.05) is 16.4 Å². The van der Waals surface area contributed by atoms with E-state index in [0.717, 1.165) is 89.5 Å². The van der Waals surface area contributed by atoms with Crippen molar-refractivity contribution in [1.82, 2.24) is 0 Å². The molecule has 6 aliphatic rings. The van der Waals surface area contributed by atoms with E-state index in [4.69, 9.17) is 5.73 Å². The van der Waals surface area contributed by atoms with Crippen molar-refractivity contribution in [2.45, 2.75) is 357 Å². The smallest absolute Gasteiger partial charge is 0.0664 e. The van der Waals surface area contributed by atoms with Gasteiger partial charge >= 0.3 is 0 Å². The molecule has 6 aliphatic heterocycles. The lowest BCUT2D eigenvalue weighted by molar-refractivity contribution is 1.31. The predicted molar refractivity (Wildman–Crippen MR) is 696 cm³/mol. The minimum Gasteiger partial charge on any atom is -0.398 e. The maximum Gasteiger partial charge on any atom is 0.0664 e. The summed E-state index contributed by atoms with van der Waals surface area (Å²) in [4.78, 5) is 26.2. The van der Waals surface area contributed by atoms with E-state index in [1.807, 2.05) is 248 Å². The molecule has 0 aromatic heterocycles. The summed E-state index contributed by atoms with van der Waals surface area (Å²) in [5.74, 6) is 0. The second-order valence-corrected chi connectivity index (χ2v) is 34.9. The highest BCUT2D eigenvalue weighted by Crippen LogP contribution is 2.35. The standard InChI is InChI=1S/2C16H19N.6C9H9N.C8H8BrI.C8H9Br.C8H11N.13C2H6/c2*1-11-7-5-8-12(2)15(11)17-16-13(3)9-6-10-14(16)4;6*1-7-6-8-4-2-3-5-9(8)10-7;1-5-3-7(9)4-6(2)8(5)10;2*1-6-4-3-5-7(2)8(6)9;13*1-2/h2*5-10,17H,1-4H3;6*2-5H,6H2,1H3;3-4H,1-2H3;3-5H,1-2H3;3-5H,9H2,1-2H3;13*1-2H3. The van der Waals surface area contributed by atoms with Crippen LogP contribution in [0.25, 0.3) is 0 Å². The van der Waals surface area contributed by atoms with Gasteiger partial charge in [0, 0.05) is 114 Å². The summed E-state index contributed by atoms with van der Waals surface area (Å²) in [5, 5.41) is 7.15. The van der Waals surface area contributed by atoms with E-state index in [2.05, 4.69) is 432 Å². The van der Waals surface area contributed by atoms with E-state index in [1.54, 1.807) is 0 Å². The number of halogens is 3. The topological polar surface area (TPSA) is 124 Å². The molecule has 0 saturated heterocycles. The second-order valence-electron chi connectivity index (χ2n) is 32.1. The third-order valence-corrected chi connectivity index (χ3v) is 24.7. The van der Waals surface area contributed by atoms with Crippen molar-refractivity contribution in [3.63, 3.8) is 0 Å². The fourth-order valence-corrected chi connectivity index (χ4v) is 15.8. The van der Waals surface area contributed by atoms with Crippen LogP contribution in [0.4, 0.5) is 62.6 Å². The van der Waals surface area contributed by atoms with Crippen LogP contribution >= 0.6 is 54.5 Å². The Morgan fingerprint density at radius 2 is 0.338 bits per heavy atom. The number of hydrogen-bond donors (Lipinski definition) is 3. The Balaban J connectivity index is -0.000000498. The minimum atomic E-state index is 0.914. The van der Waals surface area contributed by atoms with Gasteiger partial charge in [0.25, 0.3) is 0 Å². The number of nitrogen functional groups attached to an aromatic ring is 1. The predicted octanol–water partition coefficient (Wildman–Crippen LogP) is 45.3. The first-order valence-corrected chi connectivity index (χ1v) is 57.5. The Hall–Kier alpha value is -11.0. The molecule has 148 heavy (non-hydrogen) atoms. The number of anilines is 5. The number of rotatable bonds is 4. The Morgan fingerprint density at radius 1 is 0.196 bits per heavy atom. The first-order valence-electron chi connectivity index (χ1n) is 54.9. The molecule has 808 valence electrons. The quantitative estimate of drug-likeness (QED) is 0.120. The summed E-state index contributed by atoms with van der Waals surface area (Å²) in [6.07, 6.45) is 6.23. The van der Waals surface area contributed by atoms with Gasteiger partial charge in [-0.2, -0.15) is 0 Å². The second kappa shape index (κ2) is 88.8. The average Bonchev–Trinajstić information content (AvgIpc) is 1.64. The molecule has 13 aromatic rings. The number of hydrogen-bond acceptors (Lipinski definition) is 9. The van der Waals surface area contributed by atoms with Crippen LogP contribution in [0.3, 0.4) is 0 Å². The number of benzene rings is 13. The van der Waals surface area contributed by atoms with E-state index < -0.39 is 0 Å². The van der Waals surface area contributed by atoms with Gasteiger partial charge in [-0.3, -0.25) is 30.0 Å². The molecule has 0 radical (unpaired) electrons. The largest absolute Gasteiger partial charge is 0.398 e. The van der Waals surface area contributed by atoms with Crippen molar-refractivity contribution in [2.24, 2.45) is 30.0 Å². The van der Waals surface area contributed by atoms with Crippen LogP contribution < -0.4 is 16.4 Å². The summed E-state index contributed by atoms with van der Waals surface area (Å²) in [6.45, 7) is 94.0. The zero-order valence-corrected chi connectivity index (χ0v) is 106. The molecule has 0 saturated carbocycles. The first kappa shape index (κ1) is 145.